The van der Waals surface area contributed by atoms with E-state index in [0.29, 0.717) is 22.3 Å². The highest BCUT2D eigenvalue weighted by Crippen LogP contribution is 2.26. The van der Waals surface area contributed by atoms with Crippen LogP contribution >= 0.6 is 23.2 Å². The highest BCUT2D eigenvalue weighted by molar-refractivity contribution is 6.31. The van der Waals surface area contributed by atoms with Gasteiger partial charge in [0.05, 0.1) is 12.3 Å². The molecule has 3 rings (SSSR count). The van der Waals surface area contributed by atoms with Gasteiger partial charge in [0.15, 0.2) is 0 Å². The van der Waals surface area contributed by atoms with Gasteiger partial charge in [-0.15, -0.1) is 0 Å². The zero-order valence-corrected chi connectivity index (χ0v) is 20.3. The van der Waals surface area contributed by atoms with Crippen LogP contribution in [0, 0.1) is 5.92 Å². The van der Waals surface area contributed by atoms with Crippen molar-refractivity contribution in [1.29, 1.82) is 0 Å². The first-order chi connectivity index (χ1) is 15.6. The number of urea groups is 1. The van der Waals surface area contributed by atoms with Crippen molar-refractivity contribution in [2.45, 2.75) is 64.7 Å². The van der Waals surface area contributed by atoms with Crippen LogP contribution in [0.2, 0.25) is 10.0 Å². The average molecular weight is 474 g/mol. The molecule has 32 heavy (non-hydrogen) atoms. The van der Waals surface area contributed by atoms with Crippen molar-refractivity contribution in [2.24, 2.45) is 11.0 Å². The van der Waals surface area contributed by atoms with Crippen molar-refractivity contribution in [1.82, 2.24) is 5.01 Å². The molecule has 1 atom stereocenters. The van der Waals surface area contributed by atoms with Crippen LogP contribution in [-0.4, -0.2) is 23.3 Å². The number of amides is 2. The summed E-state index contributed by atoms with van der Waals surface area (Å²) in [6, 6.07) is 14.6. The summed E-state index contributed by atoms with van der Waals surface area (Å²) in [6.07, 6.45) is 11.3. The van der Waals surface area contributed by atoms with Crippen LogP contribution in [0.1, 0.15) is 70.3 Å². The lowest BCUT2D eigenvalue weighted by atomic mass is 9.92. The Bertz CT molecular complexity index is 881. The lowest BCUT2D eigenvalue weighted by Gasteiger charge is -2.15. The zero-order chi connectivity index (χ0) is 22.8. The summed E-state index contributed by atoms with van der Waals surface area (Å²) in [7, 11) is 0. The molecule has 0 spiro atoms. The number of nitrogens with zero attached hydrogens (tertiary/aromatic N) is 2. The predicted molar refractivity (Wildman–Crippen MR) is 136 cm³/mol. The molecular formula is C26H33Cl2N3O. The van der Waals surface area contributed by atoms with E-state index in [1.54, 1.807) is 29.3 Å². The van der Waals surface area contributed by atoms with Gasteiger partial charge in [-0.05, 0) is 48.4 Å². The minimum Gasteiger partial charge on any atom is -0.306 e. The summed E-state index contributed by atoms with van der Waals surface area (Å²) in [4.78, 5) is 12.8. The lowest BCUT2D eigenvalue weighted by Crippen LogP contribution is -2.30. The minimum absolute atomic E-state index is 0.225. The van der Waals surface area contributed by atoms with Gasteiger partial charge in [-0.2, -0.15) is 5.10 Å². The van der Waals surface area contributed by atoms with Crippen LogP contribution in [0.15, 0.2) is 53.6 Å². The summed E-state index contributed by atoms with van der Waals surface area (Å²) in [5, 5.41) is 10.5. The maximum atomic E-state index is 12.8. The topological polar surface area (TPSA) is 44.7 Å². The summed E-state index contributed by atoms with van der Waals surface area (Å²) in [6.45, 7) is 2.84. The summed E-state index contributed by atoms with van der Waals surface area (Å²) in [5.74, 6) is 0.229. The van der Waals surface area contributed by atoms with Crippen molar-refractivity contribution >= 4 is 40.6 Å². The Hall–Kier alpha value is -2.04. The number of hydrogen-bond acceptors (Lipinski definition) is 2. The third-order valence-electron chi connectivity index (χ3n) is 5.88. The maximum Gasteiger partial charge on any atom is 0.342 e. The molecule has 6 heteroatoms. The second-order valence-electron chi connectivity index (χ2n) is 8.47. The molecule has 0 aliphatic carbocycles. The fraction of sp³-hybridized carbons (Fsp3) is 0.462. The molecule has 1 N–H and O–H groups in total. The average Bonchev–Trinajstić information content (AvgIpc) is 3.22. The zero-order valence-electron chi connectivity index (χ0n) is 18.8. The van der Waals surface area contributed by atoms with E-state index >= 15 is 0 Å². The Balaban J connectivity index is 1.58. The molecule has 0 bridgehead atoms. The maximum absolute atomic E-state index is 12.8. The molecule has 0 saturated heterocycles. The standard InChI is InChI=1S/C26H33Cl2N3O/c1-2-3-4-5-6-7-8-9-10-21-19-31(26(32)29-24-17-15-23(28)16-18-24)30-25(21)20-11-13-22(27)14-12-20/h11-18,21H,2-10,19H2,1H3,(H,29,32). The molecule has 0 saturated carbocycles. The van der Waals surface area contributed by atoms with Crippen LogP contribution in [0.4, 0.5) is 10.5 Å². The van der Waals surface area contributed by atoms with Gasteiger partial charge in [0.1, 0.15) is 0 Å². The molecule has 0 fully saturated rings. The Kier molecular flexibility index (Phi) is 9.89. The SMILES string of the molecule is CCCCCCCCCCC1CN(C(=O)Nc2ccc(Cl)cc2)N=C1c1ccc(Cl)cc1. The predicted octanol–water partition coefficient (Wildman–Crippen LogP) is 8.39. The van der Waals surface area contributed by atoms with Crippen molar-refractivity contribution in [3.63, 3.8) is 0 Å². The van der Waals surface area contributed by atoms with Crippen LogP contribution in [0.3, 0.4) is 0 Å². The fourth-order valence-electron chi connectivity index (χ4n) is 4.06. The quantitative estimate of drug-likeness (QED) is 0.327. The van der Waals surface area contributed by atoms with Gasteiger partial charge >= 0.3 is 6.03 Å². The van der Waals surface area contributed by atoms with Gasteiger partial charge in [0, 0.05) is 21.7 Å². The van der Waals surface area contributed by atoms with Gasteiger partial charge < -0.3 is 5.32 Å². The minimum atomic E-state index is -0.225. The number of carbonyl (C=O) groups excluding carboxylic acids is 1. The number of unbranched alkanes of at least 4 members (excludes halogenated alkanes) is 7. The van der Waals surface area contributed by atoms with Crippen LogP contribution in [-0.2, 0) is 0 Å². The smallest absolute Gasteiger partial charge is 0.306 e. The summed E-state index contributed by atoms with van der Waals surface area (Å²) < 4.78 is 0. The number of benzene rings is 2. The van der Waals surface area contributed by atoms with Gasteiger partial charge in [-0.25, -0.2) is 9.80 Å². The van der Waals surface area contributed by atoms with E-state index in [9.17, 15) is 4.79 Å². The van der Waals surface area contributed by atoms with E-state index in [1.807, 2.05) is 24.3 Å². The van der Waals surface area contributed by atoms with E-state index in [-0.39, 0.29) is 11.9 Å². The van der Waals surface area contributed by atoms with Gasteiger partial charge in [-0.1, -0.05) is 93.6 Å². The van der Waals surface area contributed by atoms with Crippen molar-refractivity contribution in [3.05, 3.63) is 64.1 Å². The molecule has 4 nitrogen and oxygen atoms in total. The molecule has 2 aromatic rings. The number of rotatable bonds is 11. The van der Waals surface area contributed by atoms with Gasteiger partial charge in [0.2, 0.25) is 0 Å². The van der Waals surface area contributed by atoms with E-state index < -0.39 is 0 Å². The molecule has 1 unspecified atom stereocenters. The van der Waals surface area contributed by atoms with E-state index in [4.69, 9.17) is 28.3 Å². The van der Waals surface area contributed by atoms with Crippen LogP contribution in [0.5, 0.6) is 0 Å². The van der Waals surface area contributed by atoms with Crippen molar-refractivity contribution in [2.75, 3.05) is 11.9 Å². The molecule has 1 heterocycles. The normalized spacial score (nSPS) is 15.7. The molecular weight excluding hydrogens is 441 g/mol. The highest BCUT2D eigenvalue weighted by Gasteiger charge is 2.30. The van der Waals surface area contributed by atoms with Gasteiger partial charge in [-0.3, -0.25) is 0 Å². The number of hydrazone groups is 1. The molecule has 2 amide bonds. The Morgan fingerprint density at radius 3 is 2.09 bits per heavy atom. The second-order valence-corrected chi connectivity index (χ2v) is 9.34. The van der Waals surface area contributed by atoms with E-state index in [1.165, 1.54) is 44.9 Å². The number of halogens is 2. The number of carbonyl (C=O) groups is 1. The number of nitrogens with one attached hydrogen (secondary N) is 1. The Labute approximate surface area is 202 Å². The van der Waals surface area contributed by atoms with Crippen LogP contribution in [0.25, 0.3) is 0 Å². The lowest BCUT2D eigenvalue weighted by molar-refractivity contribution is 0.215. The molecule has 1 aliphatic heterocycles. The van der Waals surface area contributed by atoms with E-state index in [0.717, 1.165) is 24.1 Å². The first-order valence-corrected chi connectivity index (χ1v) is 12.5. The monoisotopic (exact) mass is 473 g/mol. The van der Waals surface area contributed by atoms with Crippen molar-refractivity contribution in [3.8, 4) is 0 Å². The second kappa shape index (κ2) is 12.9. The molecule has 1 aliphatic rings. The molecule has 2 aromatic carbocycles. The first-order valence-electron chi connectivity index (χ1n) is 11.8. The van der Waals surface area contributed by atoms with Crippen LogP contribution < -0.4 is 5.32 Å². The van der Waals surface area contributed by atoms with Crippen molar-refractivity contribution < 1.29 is 4.79 Å². The third kappa shape index (κ3) is 7.53. The summed E-state index contributed by atoms with van der Waals surface area (Å²) in [5.41, 5.74) is 2.70. The van der Waals surface area contributed by atoms with E-state index in [2.05, 4.69) is 12.2 Å². The highest BCUT2D eigenvalue weighted by atomic mass is 35.5. The Morgan fingerprint density at radius 1 is 0.906 bits per heavy atom. The Morgan fingerprint density at radius 2 is 1.47 bits per heavy atom. The third-order valence-corrected chi connectivity index (χ3v) is 6.39. The molecule has 172 valence electrons. The number of hydrogen-bond donors (Lipinski definition) is 1. The number of anilines is 1. The molecule has 0 radical (unpaired) electrons. The fourth-order valence-corrected chi connectivity index (χ4v) is 4.32. The van der Waals surface area contributed by atoms with Gasteiger partial charge in [0.25, 0.3) is 0 Å². The summed E-state index contributed by atoms with van der Waals surface area (Å²) >= 11 is 12.0. The largest absolute Gasteiger partial charge is 0.342 e. The first kappa shape index (κ1) is 24.6. The molecule has 0 aromatic heterocycles.